The molecule has 3 nitrogen and oxygen atoms in total. The lowest BCUT2D eigenvalue weighted by atomic mass is 10.1. The lowest BCUT2D eigenvalue weighted by Crippen LogP contribution is -2.38. The molecule has 2 rings (SSSR count). The van der Waals surface area contributed by atoms with E-state index < -0.39 is 0 Å². The van der Waals surface area contributed by atoms with E-state index in [1.54, 1.807) is 0 Å². The molecule has 1 saturated heterocycles. The first-order valence-electron chi connectivity index (χ1n) is 5.42. The fraction of sp³-hybridized carbons (Fsp3) is 0.417. The predicted molar refractivity (Wildman–Crippen MR) is 79.8 cm³/mol. The van der Waals surface area contributed by atoms with E-state index in [1.807, 2.05) is 36.2 Å². The molecule has 0 saturated carbocycles. The van der Waals surface area contributed by atoms with Crippen LogP contribution in [-0.2, 0) is 0 Å². The van der Waals surface area contributed by atoms with Crippen LogP contribution in [0, 0.1) is 3.57 Å². The van der Waals surface area contributed by atoms with Gasteiger partial charge in [0.25, 0.3) is 5.91 Å². The Labute approximate surface area is 122 Å². The number of rotatable bonds is 2. The first-order valence-corrected chi connectivity index (χ1v) is 6.50. The topological polar surface area (TPSA) is 32.3 Å². The van der Waals surface area contributed by atoms with Crippen molar-refractivity contribution in [2.75, 3.05) is 20.1 Å². The molecule has 1 aromatic carbocycles. The number of hydrogen-bond acceptors (Lipinski definition) is 2. The van der Waals surface area contributed by atoms with Crippen molar-refractivity contribution in [2.24, 2.45) is 0 Å². The summed E-state index contributed by atoms with van der Waals surface area (Å²) in [6.07, 6.45) is 1.05. The van der Waals surface area contributed by atoms with E-state index in [0.29, 0.717) is 6.04 Å². The number of carbonyl (C=O) groups is 1. The van der Waals surface area contributed by atoms with Gasteiger partial charge in [0, 0.05) is 28.8 Å². The van der Waals surface area contributed by atoms with Crippen LogP contribution >= 0.6 is 35.0 Å². The molecule has 0 aromatic heterocycles. The second kappa shape index (κ2) is 6.56. The number of carbonyl (C=O) groups excluding carboxylic acids is 1. The van der Waals surface area contributed by atoms with E-state index in [2.05, 4.69) is 27.9 Å². The highest BCUT2D eigenvalue weighted by molar-refractivity contribution is 14.1. The van der Waals surface area contributed by atoms with Crippen LogP contribution in [0.2, 0.25) is 0 Å². The molecule has 17 heavy (non-hydrogen) atoms. The van der Waals surface area contributed by atoms with E-state index in [-0.39, 0.29) is 18.3 Å². The Morgan fingerprint density at radius 2 is 2.29 bits per heavy atom. The minimum absolute atomic E-state index is 0. The van der Waals surface area contributed by atoms with Crippen molar-refractivity contribution >= 4 is 40.9 Å². The van der Waals surface area contributed by atoms with Crippen LogP contribution in [-0.4, -0.2) is 37.0 Å². The van der Waals surface area contributed by atoms with Crippen LogP contribution in [0.1, 0.15) is 16.8 Å². The maximum Gasteiger partial charge on any atom is 0.253 e. The van der Waals surface area contributed by atoms with Gasteiger partial charge in [-0.2, -0.15) is 0 Å². The summed E-state index contributed by atoms with van der Waals surface area (Å²) < 4.78 is 1.10. The molecular weight excluding hydrogens is 351 g/mol. The lowest BCUT2D eigenvalue weighted by molar-refractivity contribution is 0.0743. The molecule has 0 aliphatic carbocycles. The minimum Gasteiger partial charge on any atom is -0.337 e. The highest BCUT2D eigenvalue weighted by Crippen LogP contribution is 2.13. The average molecular weight is 367 g/mol. The van der Waals surface area contributed by atoms with Gasteiger partial charge in [-0.1, -0.05) is 6.07 Å². The highest BCUT2D eigenvalue weighted by atomic mass is 127. The molecule has 0 unspecified atom stereocenters. The number of halogens is 2. The summed E-state index contributed by atoms with van der Waals surface area (Å²) in [5.74, 6) is 0.118. The van der Waals surface area contributed by atoms with Gasteiger partial charge >= 0.3 is 0 Å². The summed E-state index contributed by atoms with van der Waals surface area (Å²) in [5, 5.41) is 3.28. The van der Waals surface area contributed by atoms with Crippen LogP contribution in [0.25, 0.3) is 0 Å². The van der Waals surface area contributed by atoms with E-state index in [1.165, 1.54) is 0 Å². The van der Waals surface area contributed by atoms with Crippen molar-refractivity contribution in [3.05, 3.63) is 33.4 Å². The highest BCUT2D eigenvalue weighted by Gasteiger charge is 2.23. The van der Waals surface area contributed by atoms with Gasteiger partial charge in [-0.05, 0) is 53.8 Å². The van der Waals surface area contributed by atoms with Crippen LogP contribution < -0.4 is 5.32 Å². The lowest BCUT2D eigenvalue weighted by Gasteiger charge is -2.23. The Bertz CT molecular complexity index is 394. The average Bonchev–Trinajstić information content (AvgIpc) is 2.80. The quantitative estimate of drug-likeness (QED) is 0.814. The van der Waals surface area contributed by atoms with Crippen molar-refractivity contribution in [2.45, 2.75) is 12.5 Å². The summed E-state index contributed by atoms with van der Waals surface area (Å²) in [7, 11) is 1.89. The van der Waals surface area contributed by atoms with Gasteiger partial charge in [-0.3, -0.25) is 4.79 Å². The molecule has 0 spiro atoms. The largest absolute Gasteiger partial charge is 0.337 e. The standard InChI is InChI=1S/C12H15IN2O.ClH/c1-15(11-5-6-14-8-11)12(16)9-3-2-4-10(13)7-9;/h2-4,7,11,14H,5-6,8H2,1H3;1H/t11-;/m0./s1. The smallest absolute Gasteiger partial charge is 0.253 e. The molecule has 0 radical (unpaired) electrons. The molecule has 5 heteroatoms. The maximum absolute atomic E-state index is 12.2. The molecule has 1 fully saturated rings. The molecule has 1 aliphatic rings. The Kier molecular flexibility index (Phi) is 5.69. The van der Waals surface area contributed by atoms with Crippen molar-refractivity contribution in [1.29, 1.82) is 0 Å². The molecule has 0 bridgehead atoms. The van der Waals surface area contributed by atoms with Gasteiger partial charge in [-0.25, -0.2) is 0 Å². The number of likely N-dealkylation sites (N-methyl/N-ethyl adjacent to an activating group) is 1. The van der Waals surface area contributed by atoms with Crippen LogP contribution in [0.15, 0.2) is 24.3 Å². The Morgan fingerprint density at radius 1 is 1.53 bits per heavy atom. The third-order valence-corrected chi connectivity index (χ3v) is 3.64. The van der Waals surface area contributed by atoms with E-state index in [4.69, 9.17) is 0 Å². The fourth-order valence-corrected chi connectivity index (χ4v) is 2.50. The first kappa shape index (κ1) is 14.7. The zero-order valence-electron chi connectivity index (χ0n) is 9.65. The zero-order chi connectivity index (χ0) is 11.5. The van der Waals surface area contributed by atoms with Gasteiger partial charge in [0.05, 0.1) is 0 Å². The van der Waals surface area contributed by atoms with Crippen LogP contribution in [0.5, 0.6) is 0 Å². The number of nitrogens with zero attached hydrogens (tertiary/aromatic N) is 1. The van der Waals surface area contributed by atoms with E-state index >= 15 is 0 Å². The van der Waals surface area contributed by atoms with E-state index in [9.17, 15) is 4.79 Å². The molecule has 1 amide bonds. The molecule has 1 atom stereocenters. The van der Waals surface area contributed by atoms with Crippen LogP contribution in [0.4, 0.5) is 0 Å². The molecule has 94 valence electrons. The number of nitrogens with one attached hydrogen (secondary N) is 1. The van der Waals surface area contributed by atoms with Gasteiger partial charge in [0.15, 0.2) is 0 Å². The summed E-state index contributed by atoms with van der Waals surface area (Å²) >= 11 is 2.23. The number of amides is 1. The second-order valence-corrected chi connectivity index (χ2v) is 5.32. The maximum atomic E-state index is 12.2. The number of hydrogen-bond donors (Lipinski definition) is 1. The van der Waals surface area contributed by atoms with Gasteiger partial charge in [-0.15, -0.1) is 12.4 Å². The van der Waals surface area contributed by atoms with Gasteiger partial charge in [0.2, 0.25) is 0 Å². The van der Waals surface area contributed by atoms with Crippen molar-refractivity contribution < 1.29 is 4.79 Å². The summed E-state index contributed by atoms with van der Waals surface area (Å²) in [6.45, 7) is 1.92. The normalized spacial score (nSPS) is 18.6. The molecule has 1 aliphatic heterocycles. The molecule has 1 heterocycles. The Morgan fingerprint density at radius 3 is 2.88 bits per heavy atom. The molecule has 1 aromatic rings. The Balaban J connectivity index is 0.00000144. The fourth-order valence-electron chi connectivity index (χ4n) is 1.96. The van der Waals surface area contributed by atoms with Crippen LogP contribution in [0.3, 0.4) is 0 Å². The zero-order valence-corrected chi connectivity index (χ0v) is 12.6. The van der Waals surface area contributed by atoms with Gasteiger partial charge in [0.1, 0.15) is 0 Å². The van der Waals surface area contributed by atoms with E-state index in [0.717, 1.165) is 28.6 Å². The summed E-state index contributed by atoms with van der Waals surface area (Å²) in [5.41, 5.74) is 0.779. The van der Waals surface area contributed by atoms with Gasteiger partial charge < -0.3 is 10.2 Å². The first-order chi connectivity index (χ1) is 7.68. The SMILES string of the molecule is CN(C(=O)c1cccc(I)c1)[C@H]1CCNC1.Cl. The molecular formula is C12H16ClIN2O. The van der Waals surface area contributed by atoms with Crippen molar-refractivity contribution in [1.82, 2.24) is 10.2 Å². The Hall–Kier alpha value is -0.330. The third-order valence-electron chi connectivity index (χ3n) is 2.97. The predicted octanol–water partition coefficient (Wildman–Crippen LogP) is 2.15. The number of benzene rings is 1. The summed E-state index contributed by atoms with van der Waals surface area (Å²) in [4.78, 5) is 14.0. The monoisotopic (exact) mass is 366 g/mol. The second-order valence-electron chi connectivity index (χ2n) is 4.07. The van der Waals surface area contributed by atoms with Crippen molar-refractivity contribution in [3.8, 4) is 0 Å². The minimum atomic E-state index is 0. The summed E-state index contributed by atoms with van der Waals surface area (Å²) in [6, 6.07) is 8.07. The van der Waals surface area contributed by atoms with Crippen molar-refractivity contribution in [3.63, 3.8) is 0 Å². The molecule has 1 N–H and O–H groups in total. The third kappa shape index (κ3) is 3.56.